The zero-order chi connectivity index (χ0) is 14.9. The van der Waals surface area contributed by atoms with Gasteiger partial charge in [0.1, 0.15) is 5.75 Å². The second kappa shape index (κ2) is 5.93. The summed E-state index contributed by atoms with van der Waals surface area (Å²) in [5.74, 6) is -0.807. The molecule has 0 fully saturated rings. The molecule has 6 heteroatoms. The number of methoxy groups -OCH3 is 1. The van der Waals surface area contributed by atoms with Crippen molar-refractivity contribution in [3.63, 3.8) is 0 Å². The third-order valence-corrected chi connectivity index (χ3v) is 4.73. The van der Waals surface area contributed by atoms with Crippen molar-refractivity contribution in [1.29, 1.82) is 0 Å². The standard InChI is InChI=1S/C14H13BrO4S/c1-7(14(18)19-2)3-11(17)13-5-8-4-9(15)10(16)6-12(8)20-13/h4-7,16H,3H2,1-2H3/t7-/m0/s1. The van der Waals surface area contributed by atoms with E-state index in [0.29, 0.717) is 9.35 Å². The Hall–Kier alpha value is -1.40. The molecule has 2 rings (SSSR count). The lowest BCUT2D eigenvalue weighted by Gasteiger charge is -2.06. The van der Waals surface area contributed by atoms with Gasteiger partial charge in [-0.3, -0.25) is 9.59 Å². The van der Waals surface area contributed by atoms with Crippen LogP contribution < -0.4 is 0 Å². The highest BCUT2D eigenvalue weighted by Gasteiger charge is 2.20. The Morgan fingerprint density at radius 3 is 2.75 bits per heavy atom. The Kier molecular flexibility index (Phi) is 4.45. The van der Waals surface area contributed by atoms with Crippen LogP contribution >= 0.6 is 27.3 Å². The summed E-state index contributed by atoms with van der Waals surface area (Å²) in [5.41, 5.74) is 0. The fourth-order valence-corrected chi connectivity index (χ4v) is 3.24. The van der Waals surface area contributed by atoms with Gasteiger partial charge in [-0.1, -0.05) is 6.92 Å². The first kappa shape index (κ1) is 15.0. The predicted molar refractivity (Wildman–Crippen MR) is 81.3 cm³/mol. The lowest BCUT2D eigenvalue weighted by atomic mass is 10.0. The number of phenolic OH excluding ortho intramolecular Hbond substituents is 1. The number of hydrogen-bond donors (Lipinski definition) is 1. The number of phenols is 1. The minimum Gasteiger partial charge on any atom is -0.507 e. The van der Waals surface area contributed by atoms with E-state index in [1.165, 1.54) is 18.4 Å². The molecule has 20 heavy (non-hydrogen) atoms. The maximum Gasteiger partial charge on any atom is 0.308 e. The minimum atomic E-state index is -0.460. The highest BCUT2D eigenvalue weighted by molar-refractivity contribution is 9.10. The Bertz CT molecular complexity index is 638. The van der Waals surface area contributed by atoms with Crippen LogP contribution in [0.5, 0.6) is 5.75 Å². The van der Waals surface area contributed by atoms with Gasteiger partial charge in [-0.25, -0.2) is 0 Å². The molecule has 0 aliphatic carbocycles. The van der Waals surface area contributed by atoms with Crippen molar-refractivity contribution in [2.45, 2.75) is 13.3 Å². The molecule has 1 atom stereocenters. The van der Waals surface area contributed by atoms with Gasteiger partial charge in [-0.2, -0.15) is 0 Å². The fraction of sp³-hybridized carbons (Fsp3) is 0.286. The summed E-state index contributed by atoms with van der Waals surface area (Å²) in [7, 11) is 1.31. The van der Waals surface area contributed by atoms with Crippen LogP contribution in [0.4, 0.5) is 0 Å². The van der Waals surface area contributed by atoms with E-state index in [9.17, 15) is 14.7 Å². The summed E-state index contributed by atoms with van der Waals surface area (Å²) in [6.45, 7) is 1.67. The number of aromatic hydroxyl groups is 1. The number of fused-ring (bicyclic) bond motifs is 1. The first-order valence-corrected chi connectivity index (χ1v) is 7.56. The lowest BCUT2D eigenvalue weighted by molar-refractivity contribution is -0.144. The molecule has 4 nitrogen and oxygen atoms in total. The number of carbonyl (C=O) groups excluding carboxylic acids is 2. The van der Waals surface area contributed by atoms with E-state index in [1.807, 2.05) is 0 Å². The maximum atomic E-state index is 12.1. The Morgan fingerprint density at radius 1 is 1.40 bits per heavy atom. The van der Waals surface area contributed by atoms with E-state index in [0.717, 1.165) is 10.1 Å². The van der Waals surface area contributed by atoms with Gasteiger partial charge in [0, 0.05) is 11.1 Å². The van der Waals surface area contributed by atoms with Crippen LogP contribution in [0.2, 0.25) is 0 Å². The third kappa shape index (κ3) is 3.02. The molecule has 0 radical (unpaired) electrons. The molecule has 0 amide bonds. The molecular formula is C14H13BrO4S. The summed E-state index contributed by atoms with van der Waals surface area (Å²) in [6, 6.07) is 5.16. The zero-order valence-electron chi connectivity index (χ0n) is 11.0. The second-order valence-corrected chi connectivity index (χ2v) is 6.44. The Labute approximate surface area is 128 Å². The quantitative estimate of drug-likeness (QED) is 0.669. The molecule has 106 valence electrons. The van der Waals surface area contributed by atoms with Gasteiger partial charge in [0.15, 0.2) is 5.78 Å². The number of rotatable bonds is 4. The molecule has 0 saturated heterocycles. The number of benzene rings is 1. The monoisotopic (exact) mass is 356 g/mol. The van der Waals surface area contributed by atoms with Crippen LogP contribution in [0.15, 0.2) is 22.7 Å². The number of esters is 1. The first-order valence-electron chi connectivity index (χ1n) is 5.95. The van der Waals surface area contributed by atoms with Gasteiger partial charge < -0.3 is 9.84 Å². The van der Waals surface area contributed by atoms with E-state index in [4.69, 9.17) is 0 Å². The summed E-state index contributed by atoms with van der Waals surface area (Å²) in [4.78, 5) is 24.1. The smallest absolute Gasteiger partial charge is 0.308 e. The molecule has 0 aliphatic heterocycles. The van der Waals surface area contributed by atoms with Crippen LogP contribution in [-0.2, 0) is 9.53 Å². The molecule has 2 aromatic rings. The number of hydrogen-bond acceptors (Lipinski definition) is 5. The largest absolute Gasteiger partial charge is 0.507 e. The molecule has 1 aromatic heterocycles. The molecule has 0 bridgehead atoms. The number of ether oxygens (including phenoxy) is 1. The third-order valence-electron chi connectivity index (χ3n) is 2.96. The average Bonchev–Trinajstić information content (AvgIpc) is 2.81. The Morgan fingerprint density at radius 2 is 2.10 bits per heavy atom. The van der Waals surface area contributed by atoms with E-state index >= 15 is 0 Å². The summed E-state index contributed by atoms with van der Waals surface area (Å²) in [6.07, 6.45) is 0.118. The molecule has 0 aliphatic rings. The SMILES string of the molecule is COC(=O)[C@@H](C)CC(=O)c1cc2cc(Br)c(O)cc2s1. The molecule has 0 unspecified atom stereocenters. The minimum absolute atomic E-state index is 0.0975. The molecular weight excluding hydrogens is 344 g/mol. The first-order chi connectivity index (χ1) is 9.42. The Balaban J connectivity index is 2.25. The van der Waals surface area contributed by atoms with Crippen molar-refractivity contribution >= 4 is 49.1 Å². The van der Waals surface area contributed by atoms with Crippen LogP contribution in [0, 0.1) is 5.92 Å². The summed E-state index contributed by atoms with van der Waals surface area (Å²) >= 11 is 4.55. The molecule has 0 saturated carbocycles. The average molecular weight is 357 g/mol. The lowest BCUT2D eigenvalue weighted by Crippen LogP contribution is -2.16. The van der Waals surface area contributed by atoms with E-state index < -0.39 is 5.92 Å². The van der Waals surface area contributed by atoms with Gasteiger partial charge in [0.2, 0.25) is 0 Å². The van der Waals surface area contributed by atoms with E-state index in [1.54, 1.807) is 25.1 Å². The summed E-state index contributed by atoms with van der Waals surface area (Å²) in [5, 5.41) is 10.5. The van der Waals surface area contributed by atoms with Crippen LogP contribution in [0.3, 0.4) is 0 Å². The maximum absolute atomic E-state index is 12.1. The zero-order valence-corrected chi connectivity index (χ0v) is 13.4. The number of halogens is 1. The van der Waals surface area contributed by atoms with Gasteiger partial charge in [0.05, 0.1) is 22.4 Å². The van der Waals surface area contributed by atoms with Crippen molar-refractivity contribution in [2.75, 3.05) is 7.11 Å². The van der Waals surface area contributed by atoms with Crippen molar-refractivity contribution in [3.8, 4) is 5.75 Å². The van der Waals surface area contributed by atoms with Gasteiger partial charge in [-0.05, 0) is 39.5 Å². The van der Waals surface area contributed by atoms with Crippen molar-refractivity contribution in [1.82, 2.24) is 0 Å². The molecule has 1 N–H and O–H groups in total. The van der Waals surface area contributed by atoms with Gasteiger partial charge in [0.25, 0.3) is 0 Å². The number of Topliss-reactive ketones (excluding diaryl/α,β-unsaturated/α-hetero) is 1. The van der Waals surface area contributed by atoms with Crippen LogP contribution in [-0.4, -0.2) is 24.0 Å². The van der Waals surface area contributed by atoms with Crippen molar-refractivity contribution in [3.05, 3.63) is 27.5 Å². The van der Waals surface area contributed by atoms with Gasteiger partial charge >= 0.3 is 5.97 Å². The highest BCUT2D eigenvalue weighted by Crippen LogP contribution is 2.34. The number of ketones is 1. The second-order valence-electron chi connectivity index (χ2n) is 4.50. The summed E-state index contributed by atoms with van der Waals surface area (Å²) < 4.78 is 6.03. The van der Waals surface area contributed by atoms with Gasteiger partial charge in [-0.15, -0.1) is 11.3 Å². The highest BCUT2D eigenvalue weighted by atomic mass is 79.9. The van der Waals surface area contributed by atoms with Crippen molar-refractivity contribution < 1.29 is 19.4 Å². The fourth-order valence-electron chi connectivity index (χ4n) is 1.85. The predicted octanol–water partition coefficient (Wildman–Crippen LogP) is 3.75. The van der Waals surface area contributed by atoms with E-state index in [2.05, 4.69) is 20.7 Å². The van der Waals surface area contributed by atoms with Crippen LogP contribution in [0.25, 0.3) is 10.1 Å². The van der Waals surface area contributed by atoms with Crippen molar-refractivity contribution in [2.24, 2.45) is 5.92 Å². The molecule has 0 spiro atoms. The van der Waals surface area contributed by atoms with E-state index in [-0.39, 0.29) is 23.9 Å². The topological polar surface area (TPSA) is 63.6 Å². The normalized spacial score (nSPS) is 12.3. The van der Waals surface area contributed by atoms with Crippen LogP contribution in [0.1, 0.15) is 23.0 Å². The number of thiophene rings is 1. The molecule has 1 heterocycles. The molecule has 1 aromatic carbocycles. The number of carbonyl (C=O) groups is 2.